The second kappa shape index (κ2) is 5.95. The van der Waals surface area contributed by atoms with Crippen LogP contribution in [0.25, 0.3) is 11.2 Å². The second-order valence-corrected chi connectivity index (χ2v) is 6.90. The van der Waals surface area contributed by atoms with Gasteiger partial charge in [0.2, 0.25) is 5.82 Å². The fourth-order valence-corrected chi connectivity index (χ4v) is 3.48. The molecular formula is C16H14ClF3N6O. The molecule has 1 amide bonds. The van der Waals surface area contributed by atoms with E-state index in [-0.39, 0.29) is 18.9 Å². The van der Waals surface area contributed by atoms with Crippen molar-refractivity contribution < 1.29 is 18.0 Å². The van der Waals surface area contributed by atoms with E-state index in [0.717, 1.165) is 10.8 Å². The lowest BCUT2D eigenvalue weighted by molar-refractivity contribution is -0.148. The summed E-state index contributed by atoms with van der Waals surface area (Å²) in [6, 6.07) is -0.574. The van der Waals surface area contributed by atoms with Gasteiger partial charge in [-0.1, -0.05) is 11.6 Å². The lowest BCUT2D eigenvalue weighted by atomic mass is 10.2. The highest BCUT2D eigenvalue weighted by atomic mass is 35.5. The molecule has 0 bridgehead atoms. The highest BCUT2D eigenvalue weighted by molar-refractivity contribution is 6.31. The summed E-state index contributed by atoms with van der Waals surface area (Å²) >= 11 is 6.03. The molecule has 3 aromatic heterocycles. The molecule has 0 aliphatic carbocycles. The summed E-state index contributed by atoms with van der Waals surface area (Å²) in [5.41, 5.74) is 1.95. The van der Waals surface area contributed by atoms with Crippen LogP contribution in [0, 0.1) is 6.92 Å². The largest absolute Gasteiger partial charge is 0.449 e. The van der Waals surface area contributed by atoms with Gasteiger partial charge in [-0.05, 0) is 19.4 Å². The van der Waals surface area contributed by atoms with E-state index >= 15 is 0 Å². The monoisotopic (exact) mass is 398 g/mol. The number of fused-ring (bicyclic) bond motifs is 2. The van der Waals surface area contributed by atoms with Crippen molar-refractivity contribution in [2.45, 2.75) is 32.6 Å². The Hall–Kier alpha value is -2.62. The van der Waals surface area contributed by atoms with Crippen molar-refractivity contribution in [3.63, 3.8) is 0 Å². The fraction of sp³-hybridized carbons (Fsp3) is 0.375. The van der Waals surface area contributed by atoms with Crippen molar-refractivity contribution >= 4 is 28.7 Å². The zero-order valence-electron chi connectivity index (χ0n) is 14.3. The molecule has 0 saturated heterocycles. The Labute approximate surface area is 156 Å². The molecule has 0 radical (unpaired) electrons. The topological polar surface area (TPSA) is 79.7 Å². The Kier molecular flexibility index (Phi) is 3.91. The van der Waals surface area contributed by atoms with E-state index in [0.29, 0.717) is 27.4 Å². The van der Waals surface area contributed by atoms with E-state index in [1.165, 1.54) is 11.1 Å². The number of carbonyl (C=O) groups is 1. The summed E-state index contributed by atoms with van der Waals surface area (Å²) in [5.74, 6) is -1.30. The summed E-state index contributed by atoms with van der Waals surface area (Å²) in [4.78, 5) is 29.0. The van der Waals surface area contributed by atoms with Crippen molar-refractivity contribution in [3.8, 4) is 0 Å². The van der Waals surface area contributed by atoms with Gasteiger partial charge in [0, 0.05) is 12.7 Å². The Bertz CT molecular complexity index is 1060. The number of aromatic amines is 1. The Morgan fingerprint density at radius 2 is 2.07 bits per heavy atom. The number of halogens is 4. The number of aromatic nitrogens is 5. The first-order chi connectivity index (χ1) is 12.7. The molecule has 4 heterocycles. The van der Waals surface area contributed by atoms with E-state index in [1.54, 1.807) is 13.8 Å². The van der Waals surface area contributed by atoms with Crippen molar-refractivity contribution in [3.05, 3.63) is 40.3 Å². The van der Waals surface area contributed by atoms with Crippen LogP contribution >= 0.6 is 11.6 Å². The molecule has 0 spiro atoms. The van der Waals surface area contributed by atoms with Crippen LogP contribution < -0.4 is 0 Å². The SMILES string of the molecule is Cc1c(Cl)cnc2nc(C(=O)N3Cc4cnc(C(F)(F)F)n4[C@@H](C)C3)[nH]c12. The van der Waals surface area contributed by atoms with Crippen LogP contribution in [0.15, 0.2) is 12.4 Å². The number of hydrogen-bond acceptors (Lipinski definition) is 4. The number of amides is 1. The number of rotatable bonds is 1. The average molecular weight is 399 g/mol. The smallest absolute Gasteiger partial charge is 0.332 e. The molecule has 0 unspecified atom stereocenters. The highest BCUT2D eigenvalue weighted by Crippen LogP contribution is 2.34. The number of carbonyl (C=O) groups excluding carboxylic acids is 1. The maximum Gasteiger partial charge on any atom is 0.449 e. The number of aryl methyl sites for hydroxylation is 1. The van der Waals surface area contributed by atoms with Gasteiger partial charge in [0.1, 0.15) is 0 Å². The van der Waals surface area contributed by atoms with Crippen molar-refractivity contribution in [2.24, 2.45) is 0 Å². The van der Waals surface area contributed by atoms with Gasteiger partial charge in [-0.3, -0.25) is 4.79 Å². The van der Waals surface area contributed by atoms with E-state index in [4.69, 9.17) is 11.6 Å². The van der Waals surface area contributed by atoms with Gasteiger partial charge >= 0.3 is 6.18 Å². The standard InChI is InChI=1S/C16H14ClF3N6O/c1-7-5-25(6-9-3-22-15(26(7)9)16(18,19)20)14(27)13-23-11-8(2)10(17)4-21-12(11)24-13/h3-4,7H,5-6H2,1-2H3,(H,21,23,24)/t7-/m0/s1. The van der Waals surface area contributed by atoms with Gasteiger partial charge in [-0.2, -0.15) is 13.2 Å². The van der Waals surface area contributed by atoms with Gasteiger partial charge in [-0.15, -0.1) is 0 Å². The van der Waals surface area contributed by atoms with Crippen molar-refractivity contribution in [2.75, 3.05) is 6.54 Å². The fourth-order valence-electron chi connectivity index (χ4n) is 3.33. The highest BCUT2D eigenvalue weighted by Gasteiger charge is 2.40. The molecule has 142 valence electrons. The third kappa shape index (κ3) is 2.84. The van der Waals surface area contributed by atoms with Gasteiger partial charge < -0.3 is 14.5 Å². The predicted octanol–water partition coefficient (Wildman–Crippen LogP) is 3.35. The summed E-state index contributed by atoms with van der Waals surface area (Å²) in [5, 5.41) is 0.445. The van der Waals surface area contributed by atoms with E-state index in [2.05, 4.69) is 19.9 Å². The molecule has 1 atom stereocenters. The van der Waals surface area contributed by atoms with Crippen LogP contribution in [0.2, 0.25) is 5.02 Å². The second-order valence-electron chi connectivity index (χ2n) is 6.49. The van der Waals surface area contributed by atoms with Gasteiger partial charge in [0.25, 0.3) is 5.91 Å². The van der Waals surface area contributed by atoms with E-state index < -0.39 is 23.9 Å². The summed E-state index contributed by atoms with van der Waals surface area (Å²) in [6.07, 6.45) is -1.93. The Morgan fingerprint density at radius 3 is 2.78 bits per heavy atom. The third-order valence-electron chi connectivity index (χ3n) is 4.61. The zero-order valence-corrected chi connectivity index (χ0v) is 15.1. The quantitative estimate of drug-likeness (QED) is 0.681. The number of nitrogens with zero attached hydrogens (tertiary/aromatic N) is 5. The van der Waals surface area contributed by atoms with Gasteiger partial charge in [-0.25, -0.2) is 15.0 Å². The van der Waals surface area contributed by atoms with Crippen LogP contribution in [-0.2, 0) is 12.7 Å². The molecular weight excluding hydrogens is 385 g/mol. The lowest BCUT2D eigenvalue weighted by Gasteiger charge is -2.33. The molecule has 7 nitrogen and oxygen atoms in total. The lowest BCUT2D eigenvalue weighted by Crippen LogP contribution is -2.41. The number of alkyl halides is 3. The molecule has 11 heteroatoms. The minimum atomic E-state index is -4.54. The van der Waals surface area contributed by atoms with Crippen LogP contribution in [0.1, 0.15) is 40.7 Å². The molecule has 1 N–H and O–H groups in total. The first kappa shape index (κ1) is 17.8. The third-order valence-corrected chi connectivity index (χ3v) is 4.99. The van der Waals surface area contributed by atoms with Crippen LogP contribution in [-0.4, -0.2) is 41.9 Å². The number of imidazole rings is 2. The van der Waals surface area contributed by atoms with E-state index in [9.17, 15) is 18.0 Å². The number of H-pyrrole nitrogens is 1. The maximum atomic E-state index is 13.1. The molecule has 1 aliphatic heterocycles. The Morgan fingerprint density at radius 1 is 1.33 bits per heavy atom. The Balaban J connectivity index is 1.66. The minimum absolute atomic E-state index is 0.0104. The van der Waals surface area contributed by atoms with Crippen molar-refractivity contribution in [1.82, 2.24) is 29.4 Å². The van der Waals surface area contributed by atoms with Crippen LogP contribution in [0.3, 0.4) is 0 Å². The number of nitrogens with one attached hydrogen (secondary N) is 1. The normalized spacial score (nSPS) is 17.4. The van der Waals surface area contributed by atoms with Gasteiger partial charge in [0.05, 0.1) is 35.0 Å². The first-order valence-electron chi connectivity index (χ1n) is 8.10. The molecule has 27 heavy (non-hydrogen) atoms. The average Bonchev–Trinajstić information content (AvgIpc) is 3.22. The zero-order chi connectivity index (χ0) is 19.5. The summed E-state index contributed by atoms with van der Waals surface area (Å²) < 4.78 is 40.4. The van der Waals surface area contributed by atoms with Gasteiger partial charge in [0.15, 0.2) is 11.5 Å². The molecule has 0 aromatic carbocycles. The van der Waals surface area contributed by atoms with Crippen LogP contribution in [0.5, 0.6) is 0 Å². The minimum Gasteiger partial charge on any atom is -0.332 e. The molecule has 1 aliphatic rings. The molecule has 0 saturated carbocycles. The number of pyridine rings is 1. The molecule has 4 rings (SSSR count). The molecule has 3 aromatic rings. The predicted molar refractivity (Wildman–Crippen MR) is 90.3 cm³/mol. The number of hydrogen-bond donors (Lipinski definition) is 1. The summed E-state index contributed by atoms with van der Waals surface area (Å²) in [7, 11) is 0. The molecule has 0 fully saturated rings. The van der Waals surface area contributed by atoms with Crippen LogP contribution in [0.4, 0.5) is 13.2 Å². The van der Waals surface area contributed by atoms with E-state index in [1.807, 2.05) is 0 Å². The first-order valence-corrected chi connectivity index (χ1v) is 8.48. The summed E-state index contributed by atoms with van der Waals surface area (Å²) in [6.45, 7) is 3.51. The maximum absolute atomic E-state index is 13.1. The van der Waals surface area contributed by atoms with Crippen molar-refractivity contribution in [1.29, 1.82) is 0 Å².